The molecule has 1 aromatic rings. The summed E-state index contributed by atoms with van der Waals surface area (Å²) in [4.78, 5) is 0. The van der Waals surface area contributed by atoms with Crippen molar-refractivity contribution in [3.05, 3.63) is 33.8 Å². The molecular weight excluding hydrogens is 230 g/mol. The number of methoxy groups -OCH3 is 1. The van der Waals surface area contributed by atoms with Crippen LogP contribution < -0.4 is 5.32 Å². The first-order valence-electron chi connectivity index (χ1n) is 4.18. The van der Waals surface area contributed by atoms with Gasteiger partial charge in [-0.25, -0.2) is 0 Å². The monoisotopic (exact) mass is 243 g/mol. The molecule has 0 aromatic heterocycles. The van der Waals surface area contributed by atoms with Crippen LogP contribution in [0.2, 0.25) is 0 Å². The predicted octanol–water partition coefficient (Wildman–Crippen LogP) is 2.31. The average Bonchev–Trinajstić information content (AvgIpc) is 2.10. The van der Waals surface area contributed by atoms with Crippen molar-refractivity contribution in [1.82, 2.24) is 5.32 Å². The Morgan fingerprint density at radius 3 is 2.77 bits per heavy atom. The van der Waals surface area contributed by atoms with E-state index in [0.717, 1.165) is 11.0 Å². The molecule has 0 atom stereocenters. The first-order valence-corrected chi connectivity index (χ1v) is 4.98. The summed E-state index contributed by atoms with van der Waals surface area (Å²) in [5, 5.41) is 3.11. The minimum Gasteiger partial charge on any atom is -0.380 e. The fourth-order valence-corrected chi connectivity index (χ4v) is 1.72. The number of nitrogens with one attached hydrogen (secondary N) is 1. The van der Waals surface area contributed by atoms with Gasteiger partial charge in [-0.05, 0) is 24.2 Å². The molecule has 0 spiro atoms. The molecule has 0 radical (unpaired) electrons. The number of rotatable bonds is 4. The Morgan fingerprint density at radius 2 is 2.23 bits per heavy atom. The maximum atomic E-state index is 5.06. The first-order chi connectivity index (χ1) is 6.27. The van der Waals surface area contributed by atoms with Gasteiger partial charge in [-0.2, -0.15) is 0 Å². The van der Waals surface area contributed by atoms with Gasteiger partial charge >= 0.3 is 0 Å². The highest BCUT2D eigenvalue weighted by molar-refractivity contribution is 9.10. The lowest BCUT2D eigenvalue weighted by atomic mass is 10.1. The average molecular weight is 244 g/mol. The summed E-state index contributed by atoms with van der Waals surface area (Å²) in [6.45, 7) is 1.55. The second-order valence-corrected chi connectivity index (χ2v) is 3.74. The highest BCUT2D eigenvalue weighted by Gasteiger charge is 2.00. The molecule has 0 saturated heterocycles. The van der Waals surface area contributed by atoms with Gasteiger partial charge in [-0.1, -0.05) is 28.1 Å². The van der Waals surface area contributed by atoms with Gasteiger partial charge < -0.3 is 10.1 Å². The highest BCUT2D eigenvalue weighted by atomic mass is 79.9. The van der Waals surface area contributed by atoms with Crippen molar-refractivity contribution in [3.63, 3.8) is 0 Å². The maximum absolute atomic E-state index is 5.06. The number of hydrogen-bond donors (Lipinski definition) is 1. The molecule has 13 heavy (non-hydrogen) atoms. The topological polar surface area (TPSA) is 21.3 Å². The summed E-state index contributed by atoms with van der Waals surface area (Å²) in [5.74, 6) is 0. The van der Waals surface area contributed by atoms with Crippen molar-refractivity contribution >= 4 is 15.9 Å². The third-order valence-corrected chi connectivity index (χ3v) is 2.54. The Hall–Kier alpha value is -0.380. The van der Waals surface area contributed by atoms with E-state index in [2.05, 4.69) is 39.4 Å². The fourth-order valence-electron chi connectivity index (χ4n) is 1.18. The summed E-state index contributed by atoms with van der Waals surface area (Å²) in [6.07, 6.45) is 0. The molecule has 1 rings (SSSR count). The quantitative estimate of drug-likeness (QED) is 0.877. The van der Waals surface area contributed by atoms with Crippen molar-refractivity contribution in [2.24, 2.45) is 0 Å². The molecule has 72 valence electrons. The Morgan fingerprint density at radius 1 is 1.46 bits per heavy atom. The molecule has 0 unspecified atom stereocenters. The molecular formula is C10H14BrNO. The van der Waals surface area contributed by atoms with Crippen molar-refractivity contribution < 1.29 is 4.74 Å². The largest absolute Gasteiger partial charge is 0.380 e. The zero-order valence-corrected chi connectivity index (χ0v) is 9.52. The van der Waals surface area contributed by atoms with E-state index >= 15 is 0 Å². The SMILES string of the molecule is CNCc1ccc(COC)c(Br)c1. The Kier molecular flexibility index (Phi) is 4.42. The summed E-state index contributed by atoms with van der Waals surface area (Å²) in [5.41, 5.74) is 2.46. The van der Waals surface area contributed by atoms with Gasteiger partial charge in [0.2, 0.25) is 0 Å². The van der Waals surface area contributed by atoms with Crippen LogP contribution in [-0.2, 0) is 17.9 Å². The van der Waals surface area contributed by atoms with Crippen molar-refractivity contribution in [2.75, 3.05) is 14.2 Å². The molecule has 0 amide bonds. The van der Waals surface area contributed by atoms with Crippen molar-refractivity contribution in [1.29, 1.82) is 0 Å². The van der Waals surface area contributed by atoms with E-state index in [1.807, 2.05) is 7.05 Å². The van der Waals surface area contributed by atoms with Gasteiger partial charge in [-0.3, -0.25) is 0 Å². The predicted molar refractivity (Wildman–Crippen MR) is 57.6 cm³/mol. The van der Waals surface area contributed by atoms with Crippen LogP contribution >= 0.6 is 15.9 Å². The third kappa shape index (κ3) is 3.10. The van der Waals surface area contributed by atoms with Gasteiger partial charge in [0.15, 0.2) is 0 Å². The molecule has 0 bridgehead atoms. The molecule has 2 nitrogen and oxygen atoms in total. The van der Waals surface area contributed by atoms with Crippen LogP contribution in [0.3, 0.4) is 0 Å². The maximum Gasteiger partial charge on any atom is 0.0724 e. The van der Waals surface area contributed by atoms with Gasteiger partial charge in [0.1, 0.15) is 0 Å². The van der Waals surface area contributed by atoms with Gasteiger partial charge in [0.25, 0.3) is 0 Å². The molecule has 0 aliphatic heterocycles. The zero-order valence-electron chi connectivity index (χ0n) is 7.93. The van der Waals surface area contributed by atoms with Crippen LogP contribution in [0.4, 0.5) is 0 Å². The second-order valence-electron chi connectivity index (χ2n) is 2.89. The molecule has 0 fully saturated rings. The van der Waals surface area contributed by atoms with Gasteiger partial charge in [0.05, 0.1) is 6.61 Å². The lowest BCUT2D eigenvalue weighted by Gasteiger charge is -2.06. The first kappa shape index (κ1) is 10.7. The number of hydrogen-bond acceptors (Lipinski definition) is 2. The number of ether oxygens (including phenoxy) is 1. The lowest BCUT2D eigenvalue weighted by Crippen LogP contribution is -2.05. The Labute approximate surface area is 87.4 Å². The van der Waals surface area contributed by atoms with Crippen LogP contribution in [0, 0.1) is 0 Å². The van der Waals surface area contributed by atoms with Crippen LogP contribution in [0.1, 0.15) is 11.1 Å². The zero-order chi connectivity index (χ0) is 9.68. The summed E-state index contributed by atoms with van der Waals surface area (Å²) in [7, 11) is 3.64. The third-order valence-electron chi connectivity index (χ3n) is 1.80. The molecule has 0 aliphatic rings. The summed E-state index contributed by atoms with van der Waals surface area (Å²) >= 11 is 3.51. The smallest absolute Gasteiger partial charge is 0.0724 e. The number of halogens is 1. The van der Waals surface area contributed by atoms with Gasteiger partial charge in [-0.15, -0.1) is 0 Å². The fraction of sp³-hybridized carbons (Fsp3) is 0.400. The minimum atomic E-state index is 0.653. The molecule has 0 aliphatic carbocycles. The lowest BCUT2D eigenvalue weighted by molar-refractivity contribution is 0.184. The molecule has 0 heterocycles. The molecule has 0 saturated carbocycles. The van der Waals surface area contributed by atoms with Crippen LogP contribution in [0.15, 0.2) is 22.7 Å². The highest BCUT2D eigenvalue weighted by Crippen LogP contribution is 2.19. The minimum absolute atomic E-state index is 0.653. The van der Waals surface area contributed by atoms with E-state index in [9.17, 15) is 0 Å². The van der Waals surface area contributed by atoms with Gasteiger partial charge in [0, 0.05) is 18.1 Å². The van der Waals surface area contributed by atoms with E-state index in [1.54, 1.807) is 7.11 Å². The Bertz CT molecular complexity index is 276. The molecule has 1 N–H and O–H groups in total. The van der Waals surface area contributed by atoms with E-state index < -0.39 is 0 Å². The van der Waals surface area contributed by atoms with Crippen LogP contribution in [0.5, 0.6) is 0 Å². The Balaban J connectivity index is 2.79. The standard InChI is InChI=1S/C10H14BrNO/c1-12-6-8-3-4-9(7-13-2)10(11)5-8/h3-5,12H,6-7H2,1-2H3. The summed E-state index contributed by atoms with van der Waals surface area (Å²) in [6, 6.07) is 6.31. The van der Waals surface area contributed by atoms with Crippen molar-refractivity contribution in [3.8, 4) is 0 Å². The summed E-state index contributed by atoms with van der Waals surface area (Å²) < 4.78 is 6.18. The molecule has 1 aromatic carbocycles. The number of benzene rings is 1. The second kappa shape index (κ2) is 5.37. The normalized spacial score (nSPS) is 10.4. The molecule has 3 heteroatoms. The van der Waals surface area contributed by atoms with E-state index in [0.29, 0.717) is 6.61 Å². The van der Waals surface area contributed by atoms with E-state index in [1.165, 1.54) is 11.1 Å². The van der Waals surface area contributed by atoms with E-state index in [-0.39, 0.29) is 0 Å². The van der Waals surface area contributed by atoms with Crippen LogP contribution in [0.25, 0.3) is 0 Å². The van der Waals surface area contributed by atoms with Crippen LogP contribution in [-0.4, -0.2) is 14.2 Å². The van der Waals surface area contributed by atoms with E-state index in [4.69, 9.17) is 4.74 Å². The van der Waals surface area contributed by atoms with Crippen molar-refractivity contribution in [2.45, 2.75) is 13.2 Å².